The van der Waals surface area contributed by atoms with Gasteiger partial charge >= 0.3 is 6.18 Å². The van der Waals surface area contributed by atoms with Crippen LogP contribution in [-0.4, -0.2) is 50.5 Å². The molecular weight excluding hydrogens is 542 g/mol. The number of alkyl halides is 3. The highest BCUT2D eigenvalue weighted by molar-refractivity contribution is 7.92. The Labute approximate surface area is 218 Å². The van der Waals surface area contributed by atoms with Gasteiger partial charge in [0, 0.05) is 23.1 Å². The van der Waals surface area contributed by atoms with Gasteiger partial charge in [0.05, 0.1) is 17.5 Å². The van der Waals surface area contributed by atoms with Crippen molar-refractivity contribution in [2.24, 2.45) is 0 Å². The molecule has 0 heterocycles. The molecule has 13 heteroatoms. The van der Waals surface area contributed by atoms with Crippen LogP contribution in [0.25, 0.3) is 0 Å². The van der Waals surface area contributed by atoms with Crippen LogP contribution >= 0.6 is 23.2 Å². The molecule has 2 aromatic carbocycles. The number of likely N-dealkylation sites (N-methyl/N-ethyl adjacent to an activating group) is 1. The first kappa shape index (κ1) is 29.7. The van der Waals surface area contributed by atoms with Crippen LogP contribution in [-0.2, 0) is 32.3 Å². The summed E-state index contributed by atoms with van der Waals surface area (Å²) in [4.78, 5) is 27.4. The van der Waals surface area contributed by atoms with E-state index in [1.165, 1.54) is 6.07 Å². The maximum Gasteiger partial charge on any atom is 0.416 e. The lowest BCUT2D eigenvalue weighted by Crippen LogP contribution is -2.52. The summed E-state index contributed by atoms with van der Waals surface area (Å²) in [6, 6.07) is 7.23. The Bertz CT molecular complexity index is 1210. The van der Waals surface area contributed by atoms with Gasteiger partial charge in [-0.1, -0.05) is 42.3 Å². The molecule has 0 saturated carbocycles. The molecule has 0 aromatic heterocycles. The van der Waals surface area contributed by atoms with Gasteiger partial charge in [0.25, 0.3) is 0 Å². The molecular formula is C23H26Cl2F3N3O4S. The summed E-state index contributed by atoms with van der Waals surface area (Å²) in [5.74, 6) is -1.27. The number of hydrogen-bond acceptors (Lipinski definition) is 4. The van der Waals surface area contributed by atoms with Crippen molar-refractivity contribution in [3.8, 4) is 0 Å². The molecule has 7 nitrogen and oxygen atoms in total. The molecule has 0 unspecified atom stereocenters. The van der Waals surface area contributed by atoms with Crippen LogP contribution in [0.1, 0.15) is 31.4 Å². The zero-order valence-corrected chi connectivity index (χ0v) is 22.1. The molecule has 2 aromatic rings. The van der Waals surface area contributed by atoms with E-state index in [-0.39, 0.29) is 23.7 Å². The van der Waals surface area contributed by atoms with E-state index < -0.39 is 46.2 Å². The minimum atomic E-state index is -4.72. The number of amides is 2. The molecule has 2 amide bonds. The van der Waals surface area contributed by atoms with Gasteiger partial charge in [0.2, 0.25) is 21.8 Å². The first-order valence-electron chi connectivity index (χ1n) is 10.8. The van der Waals surface area contributed by atoms with Crippen molar-refractivity contribution in [2.75, 3.05) is 23.7 Å². The molecule has 0 saturated heterocycles. The fourth-order valence-electron chi connectivity index (χ4n) is 3.50. The monoisotopic (exact) mass is 567 g/mol. The Balaban J connectivity index is 2.51. The lowest BCUT2D eigenvalue weighted by molar-refractivity contribution is -0.140. The Morgan fingerprint density at radius 3 is 2.28 bits per heavy atom. The van der Waals surface area contributed by atoms with Crippen molar-refractivity contribution in [1.29, 1.82) is 0 Å². The van der Waals surface area contributed by atoms with Crippen molar-refractivity contribution in [1.82, 2.24) is 10.2 Å². The minimum absolute atomic E-state index is 0.162. The number of nitrogens with one attached hydrogen (secondary N) is 1. The SMILES string of the molecule is CCNC(=O)[C@H](CC)N(Cc1ccc(Cl)cc1Cl)C(=O)CN(c1cccc(C(F)(F)F)c1)S(C)(=O)=O. The van der Waals surface area contributed by atoms with Crippen LogP contribution in [0.5, 0.6) is 0 Å². The molecule has 198 valence electrons. The smallest absolute Gasteiger partial charge is 0.355 e. The third-order valence-electron chi connectivity index (χ3n) is 5.23. The summed E-state index contributed by atoms with van der Waals surface area (Å²) < 4.78 is 65.3. The molecule has 0 bridgehead atoms. The van der Waals surface area contributed by atoms with E-state index in [4.69, 9.17) is 23.2 Å². The third kappa shape index (κ3) is 7.75. The maximum absolute atomic E-state index is 13.5. The number of anilines is 1. The van der Waals surface area contributed by atoms with Crippen molar-refractivity contribution in [2.45, 2.75) is 39.0 Å². The Morgan fingerprint density at radius 2 is 1.75 bits per heavy atom. The van der Waals surface area contributed by atoms with Gasteiger partial charge in [-0.15, -0.1) is 0 Å². The Hall–Kier alpha value is -2.50. The van der Waals surface area contributed by atoms with E-state index in [1.54, 1.807) is 26.0 Å². The van der Waals surface area contributed by atoms with Gasteiger partial charge in [0.15, 0.2) is 0 Å². The van der Waals surface area contributed by atoms with Crippen LogP contribution in [0, 0.1) is 0 Å². The average molecular weight is 568 g/mol. The van der Waals surface area contributed by atoms with E-state index in [1.807, 2.05) is 0 Å². The molecule has 0 aliphatic carbocycles. The number of hydrogen-bond donors (Lipinski definition) is 1. The zero-order chi connectivity index (χ0) is 27.3. The topological polar surface area (TPSA) is 86.8 Å². The van der Waals surface area contributed by atoms with E-state index in [2.05, 4.69) is 5.32 Å². The summed E-state index contributed by atoms with van der Waals surface area (Å²) >= 11 is 12.2. The summed E-state index contributed by atoms with van der Waals surface area (Å²) in [5.41, 5.74) is -0.960. The molecule has 1 atom stereocenters. The van der Waals surface area contributed by atoms with Gasteiger partial charge in [-0.3, -0.25) is 13.9 Å². The van der Waals surface area contributed by atoms with Crippen molar-refractivity contribution >= 4 is 50.7 Å². The fraction of sp³-hybridized carbons (Fsp3) is 0.391. The number of nitrogens with zero attached hydrogens (tertiary/aromatic N) is 2. The molecule has 2 rings (SSSR count). The van der Waals surface area contributed by atoms with Crippen LogP contribution in [0.4, 0.5) is 18.9 Å². The molecule has 0 aliphatic heterocycles. The number of carbonyl (C=O) groups excluding carboxylic acids is 2. The molecule has 1 N–H and O–H groups in total. The van der Waals surface area contributed by atoms with Gasteiger partial charge < -0.3 is 10.2 Å². The first-order valence-corrected chi connectivity index (χ1v) is 13.5. The lowest BCUT2D eigenvalue weighted by atomic mass is 10.1. The van der Waals surface area contributed by atoms with E-state index in [9.17, 15) is 31.2 Å². The van der Waals surface area contributed by atoms with Crippen molar-refractivity contribution in [3.63, 3.8) is 0 Å². The van der Waals surface area contributed by atoms with E-state index in [0.29, 0.717) is 27.5 Å². The average Bonchev–Trinajstić information content (AvgIpc) is 2.77. The normalized spacial score (nSPS) is 12.7. The number of benzene rings is 2. The third-order valence-corrected chi connectivity index (χ3v) is 6.96. The van der Waals surface area contributed by atoms with Crippen molar-refractivity contribution in [3.05, 3.63) is 63.6 Å². The molecule has 0 fully saturated rings. The van der Waals surface area contributed by atoms with Crippen LogP contribution in [0.3, 0.4) is 0 Å². The fourth-order valence-corrected chi connectivity index (χ4v) is 4.81. The molecule has 0 spiro atoms. The van der Waals surface area contributed by atoms with Gasteiger partial charge in [-0.05, 0) is 49.2 Å². The predicted molar refractivity (Wildman–Crippen MR) is 133 cm³/mol. The quantitative estimate of drug-likeness (QED) is 0.450. The summed E-state index contributed by atoms with van der Waals surface area (Å²) in [6.45, 7) is 2.67. The minimum Gasteiger partial charge on any atom is -0.355 e. The molecule has 36 heavy (non-hydrogen) atoms. The Kier molecular flexibility index (Phi) is 10.0. The number of carbonyl (C=O) groups is 2. The maximum atomic E-state index is 13.5. The van der Waals surface area contributed by atoms with Crippen molar-refractivity contribution < 1.29 is 31.2 Å². The largest absolute Gasteiger partial charge is 0.416 e. The zero-order valence-electron chi connectivity index (χ0n) is 19.8. The highest BCUT2D eigenvalue weighted by Crippen LogP contribution is 2.32. The van der Waals surface area contributed by atoms with E-state index in [0.717, 1.165) is 29.4 Å². The number of rotatable bonds is 10. The van der Waals surface area contributed by atoms with E-state index >= 15 is 0 Å². The van der Waals surface area contributed by atoms with Gasteiger partial charge in [-0.25, -0.2) is 8.42 Å². The summed E-state index contributed by atoms with van der Waals surface area (Å²) in [5, 5.41) is 3.21. The first-order chi connectivity index (χ1) is 16.7. The van der Waals surface area contributed by atoms with Gasteiger partial charge in [0.1, 0.15) is 12.6 Å². The summed E-state index contributed by atoms with van der Waals surface area (Å²) in [6.07, 6.45) is -3.75. The highest BCUT2D eigenvalue weighted by Gasteiger charge is 2.34. The second kappa shape index (κ2) is 12.2. The van der Waals surface area contributed by atoms with Crippen LogP contribution in [0.2, 0.25) is 10.0 Å². The van der Waals surface area contributed by atoms with Gasteiger partial charge in [-0.2, -0.15) is 13.2 Å². The number of sulfonamides is 1. The summed E-state index contributed by atoms with van der Waals surface area (Å²) in [7, 11) is -4.18. The predicted octanol–water partition coefficient (Wildman–Crippen LogP) is 4.72. The molecule has 0 radical (unpaired) electrons. The molecule has 0 aliphatic rings. The second-order valence-electron chi connectivity index (χ2n) is 7.89. The van der Waals surface area contributed by atoms with Crippen LogP contribution in [0.15, 0.2) is 42.5 Å². The number of halogens is 5. The van der Waals surface area contributed by atoms with Crippen LogP contribution < -0.4 is 9.62 Å². The lowest BCUT2D eigenvalue weighted by Gasteiger charge is -2.33. The Morgan fingerprint density at radius 1 is 1.08 bits per heavy atom. The second-order valence-corrected chi connectivity index (χ2v) is 10.6. The highest BCUT2D eigenvalue weighted by atomic mass is 35.5. The standard InChI is InChI=1S/C23H26Cl2F3N3O4S/c1-4-20(22(33)29-5-2)30(13-15-9-10-17(24)12-19(15)25)21(32)14-31(36(3,34)35)18-8-6-7-16(11-18)23(26,27)28/h6-12,20H,4-5,13-14H2,1-3H3,(H,29,33)/t20-/m0/s1.